The van der Waals surface area contributed by atoms with Crippen molar-refractivity contribution < 1.29 is 0 Å². The van der Waals surface area contributed by atoms with Crippen LogP contribution in [-0.4, -0.2) is 43.7 Å². The Morgan fingerprint density at radius 3 is 3.09 bits per heavy atom. The molecule has 7 nitrogen and oxygen atoms in total. The summed E-state index contributed by atoms with van der Waals surface area (Å²) in [6.45, 7) is 3.89. The summed E-state index contributed by atoms with van der Waals surface area (Å²) >= 11 is 0. The third kappa shape index (κ3) is 2.45. The Morgan fingerprint density at radius 1 is 1.23 bits per heavy atom. The molecule has 3 aromatic heterocycles. The molecule has 112 valence electrons. The first kappa shape index (κ1) is 13.0. The number of rotatable bonds is 3. The van der Waals surface area contributed by atoms with Crippen LogP contribution in [0.15, 0.2) is 36.9 Å². The van der Waals surface area contributed by atoms with Gasteiger partial charge in [-0.25, -0.2) is 19.5 Å². The van der Waals surface area contributed by atoms with Crippen LogP contribution in [0.4, 0.5) is 11.6 Å². The molecule has 1 N–H and O–H groups in total. The first-order chi connectivity index (χ1) is 10.8. The highest BCUT2D eigenvalue weighted by molar-refractivity contribution is 5.46. The number of nitrogens with one attached hydrogen (secondary N) is 1. The van der Waals surface area contributed by atoms with Crippen LogP contribution in [0.25, 0.3) is 5.65 Å². The van der Waals surface area contributed by atoms with Gasteiger partial charge in [-0.15, -0.1) is 5.10 Å². The number of hydrogen-bond acceptors (Lipinski definition) is 6. The zero-order valence-corrected chi connectivity index (χ0v) is 12.3. The van der Waals surface area contributed by atoms with Crippen LogP contribution in [-0.2, 0) is 0 Å². The quantitative estimate of drug-likeness (QED) is 0.790. The standard InChI is InChI=1S/C15H17N7/c1-11-8-15(18-10-17-11)21-6-4-12(9-21)19-13-2-3-14-16-5-7-22(14)20-13/h2-3,5,7-8,10,12H,4,6,9H2,1H3,(H,19,20). The van der Waals surface area contributed by atoms with E-state index in [2.05, 4.69) is 30.3 Å². The van der Waals surface area contributed by atoms with E-state index >= 15 is 0 Å². The second kappa shape index (κ2) is 5.25. The lowest BCUT2D eigenvalue weighted by Gasteiger charge is -2.18. The lowest BCUT2D eigenvalue weighted by atomic mass is 10.2. The van der Waals surface area contributed by atoms with Crippen molar-refractivity contribution in [2.45, 2.75) is 19.4 Å². The van der Waals surface area contributed by atoms with Crippen LogP contribution < -0.4 is 10.2 Å². The molecule has 22 heavy (non-hydrogen) atoms. The molecule has 7 heteroatoms. The maximum absolute atomic E-state index is 4.51. The zero-order chi connectivity index (χ0) is 14.9. The van der Waals surface area contributed by atoms with Crippen molar-refractivity contribution in [3.05, 3.63) is 42.6 Å². The van der Waals surface area contributed by atoms with E-state index in [9.17, 15) is 0 Å². The Hall–Kier alpha value is -2.70. The van der Waals surface area contributed by atoms with Gasteiger partial charge >= 0.3 is 0 Å². The van der Waals surface area contributed by atoms with E-state index in [0.717, 1.165) is 42.5 Å². The van der Waals surface area contributed by atoms with Crippen molar-refractivity contribution in [3.63, 3.8) is 0 Å². The maximum atomic E-state index is 4.51. The molecular formula is C15H17N7. The molecule has 1 aliphatic rings. The fraction of sp³-hybridized carbons (Fsp3) is 0.333. The van der Waals surface area contributed by atoms with E-state index < -0.39 is 0 Å². The highest BCUT2D eigenvalue weighted by atomic mass is 15.3. The second-order valence-corrected chi connectivity index (χ2v) is 5.54. The third-order valence-electron chi connectivity index (χ3n) is 3.91. The van der Waals surface area contributed by atoms with Gasteiger partial charge in [-0.3, -0.25) is 0 Å². The normalized spacial score (nSPS) is 18.0. The second-order valence-electron chi connectivity index (χ2n) is 5.54. The largest absolute Gasteiger partial charge is 0.364 e. The summed E-state index contributed by atoms with van der Waals surface area (Å²) in [5.41, 5.74) is 1.85. The van der Waals surface area contributed by atoms with Gasteiger partial charge in [-0.2, -0.15) is 0 Å². The van der Waals surface area contributed by atoms with Crippen LogP contribution in [0.2, 0.25) is 0 Å². The van der Waals surface area contributed by atoms with Crippen LogP contribution in [0.5, 0.6) is 0 Å². The van der Waals surface area contributed by atoms with Gasteiger partial charge in [0.25, 0.3) is 0 Å². The molecule has 1 saturated heterocycles. The van der Waals surface area contributed by atoms with E-state index in [1.54, 1.807) is 17.0 Å². The third-order valence-corrected chi connectivity index (χ3v) is 3.91. The maximum Gasteiger partial charge on any atom is 0.153 e. The first-order valence-electron chi connectivity index (χ1n) is 7.38. The molecule has 0 saturated carbocycles. The van der Waals surface area contributed by atoms with E-state index in [-0.39, 0.29) is 0 Å². The first-order valence-corrected chi connectivity index (χ1v) is 7.38. The highest BCUT2D eigenvalue weighted by Crippen LogP contribution is 2.20. The lowest BCUT2D eigenvalue weighted by Crippen LogP contribution is -2.27. The SMILES string of the molecule is Cc1cc(N2CCC(Nc3ccc4nccn4n3)C2)ncn1. The zero-order valence-electron chi connectivity index (χ0n) is 12.3. The number of aryl methyl sites for hydroxylation is 1. The van der Waals surface area contributed by atoms with Crippen molar-refractivity contribution >= 4 is 17.3 Å². The number of hydrogen-bond donors (Lipinski definition) is 1. The number of anilines is 2. The van der Waals surface area contributed by atoms with Crippen molar-refractivity contribution in [2.75, 3.05) is 23.3 Å². The number of aromatic nitrogens is 5. The Labute approximate surface area is 128 Å². The smallest absolute Gasteiger partial charge is 0.153 e. The van der Waals surface area contributed by atoms with E-state index in [1.807, 2.05) is 31.3 Å². The topological polar surface area (TPSA) is 71.2 Å². The van der Waals surface area contributed by atoms with Gasteiger partial charge in [-0.05, 0) is 25.5 Å². The Balaban J connectivity index is 1.46. The molecule has 4 heterocycles. The summed E-state index contributed by atoms with van der Waals surface area (Å²) in [4.78, 5) is 15.0. The van der Waals surface area contributed by atoms with Crippen molar-refractivity contribution in [1.29, 1.82) is 0 Å². The van der Waals surface area contributed by atoms with Crippen LogP contribution in [0.1, 0.15) is 12.1 Å². The highest BCUT2D eigenvalue weighted by Gasteiger charge is 2.23. The average molecular weight is 295 g/mol. The summed E-state index contributed by atoms with van der Waals surface area (Å²) in [6.07, 6.45) is 6.29. The minimum Gasteiger partial charge on any atom is -0.364 e. The van der Waals surface area contributed by atoms with Gasteiger partial charge < -0.3 is 10.2 Å². The fourth-order valence-corrected chi connectivity index (χ4v) is 2.80. The number of imidazole rings is 1. The van der Waals surface area contributed by atoms with E-state index in [4.69, 9.17) is 0 Å². The molecule has 1 unspecified atom stereocenters. The molecule has 0 radical (unpaired) electrons. The average Bonchev–Trinajstić information content (AvgIpc) is 3.16. The number of nitrogens with zero attached hydrogens (tertiary/aromatic N) is 6. The molecule has 3 aromatic rings. The van der Waals surface area contributed by atoms with Gasteiger partial charge in [0.05, 0.1) is 0 Å². The van der Waals surface area contributed by atoms with Gasteiger partial charge in [-0.1, -0.05) is 0 Å². The summed E-state index contributed by atoms with van der Waals surface area (Å²) in [7, 11) is 0. The van der Waals surface area contributed by atoms with Crippen molar-refractivity contribution in [2.24, 2.45) is 0 Å². The van der Waals surface area contributed by atoms with Crippen molar-refractivity contribution in [1.82, 2.24) is 24.6 Å². The van der Waals surface area contributed by atoms with Crippen LogP contribution in [0, 0.1) is 6.92 Å². The minimum atomic E-state index is 0.365. The molecule has 1 atom stereocenters. The molecule has 0 spiro atoms. The summed E-state index contributed by atoms with van der Waals surface area (Å²) in [5.74, 6) is 1.87. The Kier molecular flexibility index (Phi) is 3.10. The van der Waals surface area contributed by atoms with E-state index in [0.29, 0.717) is 6.04 Å². The van der Waals surface area contributed by atoms with E-state index in [1.165, 1.54) is 0 Å². The Morgan fingerprint density at radius 2 is 2.18 bits per heavy atom. The summed E-state index contributed by atoms with van der Waals surface area (Å²) in [5, 5.41) is 8.00. The van der Waals surface area contributed by atoms with Gasteiger partial charge in [0.2, 0.25) is 0 Å². The molecule has 4 rings (SSSR count). The monoisotopic (exact) mass is 295 g/mol. The Bertz CT molecular complexity index is 797. The molecule has 0 aliphatic carbocycles. The van der Waals surface area contributed by atoms with Gasteiger partial charge in [0, 0.05) is 43.3 Å². The predicted octanol–water partition coefficient (Wildman–Crippen LogP) is 1.52. The van der Waals surface area contributed by atoms with Gasteiger partial charge in [0.15, 0.2) is 5.65 Å². The molecular weight excluding hydrogens is 278 g/mol. The molecule has 0 bridgehead atoms. The summed E-state index contributed by atoms with van der Waals surface area (Å²) < 4.78 is 1.78. The lowest BCUT2D eigenvalue weighted by molar-refractivity contribution is 0.787. The van der Waals surface area contributed by atoms with Crippen LogP contribution >= 0.6 is 0 Å². The predicted molar refractivity (Wildman–Crippen MR) is 84.0 cm³/mol. The fourth-order valence-electron chi connectivity index (χ4n) is 2.80. The molecule has 1 aliphatic heterocycles. The van der Waals surface area contributed by atoms with Crippen molar-refractivity contribution in [3.8, 4) is 0 Å². The molecule has 1 fully saturated rings. The molecule has 0 aromatic carbocycles. The minimum absolute atomic E-state index is 0.365. The molecule has 0 amide bonds. The van der Waals surface area contributed by atoms with Gasteiger partial charge in [0.1, 0.15) is 18.0 Å². The number of fused-ring (bicyclic) bond motifs is 1. The van der Waals surface area contributed by atoms with Crippen LogP contribution in [0.3, 0.4) is 0 Å². The summed E-state index contributed by atoms with van der Waals surface area (Å²) in [6, 6.07) is 6.33.